The zero-order valence-electron chi connectivity index (χ0n) is 10.6. The van der Waals surface area contributed by atoms with Crippen LogP contribution in [0.2, 0.25) is 0 Å². The molecule has 0 saturated heterocycles. The Bertz CT molecular complexity index is 643. The van der Waals surface area contributed by atoms with Crippen LogP contribution in [0.25, 0.3) is 0 Å². The van der Waals surface area contributed by atoms with Crippen LogP contribution >= 0.6 is 27.3 Å². The van der Waals surface area contributed by atoms with Crippen LogP contribution in [-0.2, 0) is 6.54 Å². The Balaban J connectivity index is 2.23. The molecular formula is C13H11BrN2O3S. The molecule has 0 radical (unpaired) electrons. The Morgan fingerprint density at radius 3 is 2.80 bits per heavy atom. The lowest BCUT2D eigenvalue weighted by atomic mass is 10.2. The molecule has 5 nitrogen and oxygen atoms in total. The molecule has 0 aliphatic carbocycles. The van der Waals surface area contributed by atoms with Crippen molar-refractivity contribution in [2.24, 2.45) is 0 Å². The number of carbonyl (C=O) groups excluding carboxylic acids is 1. The summed E-state index contributed by atoms with van der Waals surface area (Å²) in [6, 6.07) is 8.03. The van der Waals surface area contributed by atoms with E-state index in [1.54, 1.807) is 18.4 Å². The summed E-state index contributed by atoms with van der Waals surface area (Å²) in [5, 5.41) is 12.7. The molecule has 1 aromatic heterocycles. The Labute approximate surface area is 128 Å². The smallest absolute Gasteiger partial charge is 0.270 e. The first-order chi connectivity index (χ1) is 9.49. The second kappa shape index (κ2) is 6.15. The van der Waals surface area contributed by atoms with Crippen molar-refractivity contribution < 1.29 is 9.72 Å². The number of nitro groups is 1. The maximum Gasteiger partial charge on any atom is 0.270 e. The van der Waals surface area contributed by atoms with E-state index in [0.29, 0.717) is 16.6 Å². The Morgan fingerprint density at radius 1 is 1.45 bits per heavy atom. The largest absolute Gasteiger partial charge is 0.337 e. The number of carbonyl (C=O) groups is 1. The maximum atomic E-state index is 12.3. The number of amides is 1. The van der Waals surface area contributed by atoms with E-state index in [-0.39, 0.29) is 11.6 Å². The topological polar surface area (TPSA) is 63.5 Å². The molecule has 0 atom stereocenters. The van der Waals surface area contributed by atoms with Gasteiger partial charge in [0.25, 0.3) is 11.6 Å². The highest BCUT2D eigenvalue weighted by molar-refractivity contribution is 9.10. The van der Waals surface area contributed by atoms with Gasteiger partial charge in [0, 0.05) is 28.5 Å². The molecule has 0 spiro atoms. The summed E-state index contributed by atoms with van der Waals surface area (Å²) < 4.78 is 0.547. The fourth-order valence-electron chi connectivity index (χ4n) is 1.70. The first-order valence-corrected chi connectivity index (χ1v) is 7.38. The van der Waals surface area contributed by atoms with Gasteiger partial charge in [0.1, 0.15) is 0 Å². The molecule has 0 unspecified atom stereocenters. The fourth-order valence-corrected chi connectivity index (χ4v) is 2.88. The quantitative estimate of drug-likeness (QED) is 0.621. The van der Waals surface area contributed by atoms with E-state index in [2.05, 4.69) is 15.9 Å². The van der Waals surface area contributed by atoms with Crippen molar-refractivity contribution in [3.8, 4) is 0 Å². The molecule has 2 rings (SSSR count). The van der Waals surface area contributed by atoms with E-state index in [0.717, 1.165) is 4.88 Å². The molecular weight excluding hydrogens is 344 g/mol. The second-order valence-electron chi connectivity index (χ2n) is 4.16. The minimum atomic E-state index is -0.511. The van der Waals surface area contributed by atoms with Gasteiger partial charge < -0.3 is 4.90 Å². The molecule has 1 heterocycles. The number of benzene rings is 1. The molecule has 20 heavy (non-hydrogen) atoms. The minimum Gasteiger partial charge on any atom is -0.337 e. The van der Waals surface area contributed by atoms with E-state index in [1.165, 1.54) is 23.1 Å². The lowest BCUT2D eigenvalue weighted by molar-refractivity contribution is -0.384. The third kappa shape index (κ3) is 3.23. The van der Waals surface area contributed by atoms with Gasteiger partial charge in [0.05, 0.1) is 17.0 Å². The van der Waals surface area contributed by atoms with Crippen molar-refractivity contribution in [1.82, 2.24) is 4.90 Å². The van der Waals surface area contributed by atoms with Crippen LogP contribution in [-0.4, -0.2) is 22.8 Å². The normalized spacial score (nSPS) is 10.3. The van der Waals surface area contributed by atoms with Gasteiger partial charge >= 0.3 is 0 Å². The summed E-state index contributed by atoms with van der Waals surface area (Å²) in [6.07, 6.45) is 0. The Kier molecular flexibility index (Phi) is 4.51. The summed E-state index contributed by atoms with van der Waals surface area (Å²) in [6.45, 7) is 0.478. The van der Waals surface area contributed by atoms with Crippen molar-refractivity contribution in [1.29, 1.82) is 0 Å². The number of nitro benzene ring substituents is 1. The summed E-state index contributed by atoms with van der Waals surface area (Å²) in [5.74, 6) is -0.256. The van der Waals surface area contributed by atoms with E-state index in [4.69, 9.17) is 0 Å². The highest BCUT2D eigenvalue weighted by atomic mass is 79.9. The molecule has 0 N–H and O–H groups in total. The molecule has 0 bridgehead atoms. The van der Waals surface area contributed by atoms with Crippen LogP contribution in [0.1, 0.15) is 15.2 Å². The molecule has 0 aliphatic rings. The van der Waals surface area contributed by atoms with Crippen LogP contribution in [0.4, 0.5) is 5.69 Å². The molecule has 2 aromatic rings. The fraction of sp³-hybridized carbons (Fsp3) is 0.154. The SMILES string of the molecule is CN(Cc1cccs1)C(=O)c1cc([N+](=O)[O-])ccc1Br. The van der Waals surface area contributed by atoms with E-state index >= 15 is 0 Å². The summed E-state index contributed by atoms with van der Waals surface area (Å²) in [5.41, 5.74) is 0.194. The predicted molar refractivity (Wildman–Crippen MR) is 80.9 cm³/mol. The lowest BCUT2D eigenvalue weighted by Gasteiger charge is -2.17. The van der Waals surface area contributed by atoms with Crippen molar-refractivity contribution in [2.45, 2.75) is 6.54 Å². The number of non-ortho nitro benzene ring substituents is 1. The number of rotatable bonds is 4. The van der Waals surface area contributed by atoms with Crippen LogP contribution < -0.4 is 0 Å². The van der Waals surface area contributed by atoms with Gasteiger partial charge in [0.15, 0.2) is 0 Å². The van der Waals surface area contributed by atoms with Gasteiger partial charge in [0.2, 0.25) is 0 Å². The van der Waals surface area contributed by atoms with Gasteiger partial charge in [-0.05, 0) is 33.4 Å². The number of thiophene rings is 1. The van der Waals surface area contributed by atoms with Crippen LogP contribution in [0.3, 0.4) is 0 Å². The third-order valence-electron chi connectivity index (χ3n) is 2.71. The molecule has 1 amide bonds. The molecule has 7 heteroatoms. The van der Waals surface area contributed by atoms with E-state index in [9.17, 15) is 14.9 Å². The lowest BCUT2D eigenvalue weighted by Crippen LogP contribution is -2.26. The second-order valence-corrected chi connectivity index (χ2v) is 6.05. The van der Waals surface area contributed by atoms with Crippen LogP contribution in [0.15, 0.2) is 40.2 Å². The highest BCUT2D eigenvalue weighted by Gasteiger charge is 2.19. The molecule has 0 fully saturated rings. The highest BCUT2D eigenvalue weighted by Crippen LogP contribution is 2.24. The van der Waals surface area contributed by atoms with Gasteiger partial charge in [-0.2, -0.15) is 0 Å². The molecule has 0 saturated carbocycles. The van der Waals surface area contributed by atoms with Crippen LogP contribution in [0, 0.1) is 10.1 Å². The maximum absolute atomic E-state index is 12.3. The van der Waals surface area contributed by atoms with Crippen molar-refractivity contribution in [3.05, 3.63) is 60.7 Å². The molecule has 0 aliphatic heterocycles. The van der Waals surface area contributed by atoms with E-state index in [1.807, 2.05) is 17.5 Å². The van der Waals surface area contributed by atoms with Gasteiger partial charge in [-0.25, -0.2) is 0 Å². The average Bonchev–Trinajstić information content (AvgIpc) is 2.91. The van der Waals surface area contributed by atoms with Gasteiger partial charge in [-0.15, -0.1) is 11.3 Å². The Morgan fingerprint density at radius 2 is 2.20 bits per heavy atom. The minimum absolute atomic E-state index is 0.0962. The van der Waals surface area contributed by atoms with Crippen LogP contribution in [0.5, 0.6) is 0 Å². The van der Waals surface area contributed by atoms with Gasteiger partial charge in [-0.1, -0.05) is 6.07 Å². The third-order valence-corrected chi connectivity index (χ3v) is 4.26. The summed E-state index contributed by atoms with van der Waals surface area (Å²) >= 11 is 4.82. The van der Waals surface area contributed by atoms with Crippen molar-refractivity contribution in [2.75, 3.05) is 7.05 Å². The zero-order chi connectivity index (χ0) is 14.7. The van der Waals surface area contributed by atoms with Crippen molar-refractivity contribution >= 4 is 38.9 Å². The zero-order valence-corrected chi connectivity index (χ0v) is 13.0. The summed E-state index contributed by atoms with van der Waals surface area (Å²) in [4.78, 5) is 25.2. The predicted octanol–water partition coefficient (Wildman–Crippen LogP) is 3.69. The van der Waals surface area contributed by atoms with Crippen molar-refractivity contribution in [3.63, 3.8) is 0 Å². The molecule has 104 valence electrons. The number of nitrogens with zero attached hydrogens (tertiary/aromatic N) is 2. The first-order valence-electron chi connectivity index (χ1n) is 5.71. The average molecular weight is 355 g/mol. The monoisotopic (exact) mass is 354 g/mol. The number of hydrogen-bond donors (Lipinski definition) is 0. The van der Waals surface area contributed by atoms with Gasteiger partial charge in [-0.3, -0.25) is 14.9 Å². The summed E-state index contributed by atoms with van der Waals surface area (Å²) in [7, 11) is 1.67. The number of hydrogen-bond acceptors (Lipinski definition) is 4. The first kappa shape index (κ1) is 14.7. The standard InChI is InChI=1S/C13H11BrN2O3S/c1-15(8-10-3-2-6-20-10)13(17)11-7-9(16(18)19)4-5-12(11)14/h2-7H,8H2,1H3. The Hall–Kier alpha value is -1.73. The number of halogens is 1. The molecule has 1 aromatic carbocycles. The van der Waals surface area contributed by atoms with E-state index < -0.39 is 4.92 Å².